The molecule has 1 heterocycles. The number of ether oxygens (including phenoxy) is 2. The van der Waals surface area contributed by atoms with Gasteiger partial charge in [0.2, 0.25) is 0 Å². The van der Waals surface area contributed by atoms with Crippen LogP contribution in [0.5, 0.6) is 0 Å². The van der Waals surface area contributed by atoms with Gasteiger partial charge in [0.1, 0.15) is 5.60 Å². The Balaban J connectivity index is 0.00000392. The summed E-state index contributed by atoms with van der Waals surface area (Å²) in [6.45, 7) is 10.9. The molecule has 1 aromatic rings. The largest absolute Gasteiger partial charge is 0.444 e. The maximum atomic E-state index is 12.0. The summed E-state index contributed by atoms with van der Waals surface area (Å²) in [7, 11) is 1.74. The third-order valence-electron chi connectivity index (χ3n) is 4.05. The predicted molar refractivity (Wildman–Crippen MR) is 122 cm³/mol. The number of nitrogens with zero attached hydrogens (tertiary/aromatic N) is 2. The molecule has 0 radical (unpaired) electrons. The summed E-state index contributed by atoms with van der Waals surface area (Å²) in [6.07, 6.45) is -0.268. The maximum absolute atomic E-state index is 12.0. The van der Waals surface area contributed by atoms with Crippen LogP contribution in [0.25, 0.3) is 0 Å². The first-order valence-electron chi connectivity index (χ1n) is 9.41. The van der Waals surface area contributed by atoms with E-state index in [0.29, 0.717) is 26.2 Å². The molecular formula is C20H33IN4O3. The normalized spacial score (nSPS) is 14.8. The highest BCUT2D eigenvalue weighted by Gasteiger charge is 2.34. The van der Waals surface area contributed by atoms with Crippen molar-refractivity contribution in [1.29, 1.82) is 0 Å². The van der Waals surface area contributed by atoms with Crippen molar-refractivity contribution in [2.45, 2.75) is 52.5 Å². The van der Waals surface area contributed by atoms with E-state index in [9.17, 15) is 4.79 Å². The van der Waals surface area contributed by atoms with Crippen LogP contribution >= 0.6 is 24.0 Å². The number of nitrogens with one attached hydrogen (secondary N) is 2. The average molecular weight is 504 g/mol. The molecule has 0 unspecified atom stereocenters. The lowest BCUT2D eigenvalue weighted by atomic mass is 10.1. The van der Waals surface area contributed by atoms with Gasteiger partial charge >= 0.3 is 6.09 Å². The number of guanidine groups is 1. The minimum absolute atomic E-state index is 0. The quantitative estimate of drug-likeness (QED) is 0.354. The van der Waals surface area contributed by atoms with Crippen molar-refractivity contribution in [3.05, 3.63) is 35.4 Å². The second kappa shape index (κ2) is 11.5. The van der Waals surface area contributed by atoms with Crippen molar-refractivity contribution in [3.63, 3.8) is 0 Å². The fourth-order valence-electron chi connectivity index (χ4n) is 2.59. The maximum Gasteiger partial charge on any atom is 0.410 e. The number of carbonyl (C=O) groups excluding carboxylic acids is 1. The van der Waals surface area contributed by atoms with Crippen LogP contribution in [-0.4, -0.2) is 55.3 Å². The van der Waals surface area contributed by atoms with Gasteiger partial charge < -0.3 is 25.0 Å². The van der Waals surface area contributed by atoms with Crippen molar-refractivity contribution < 1.29 is 14.3 Å². The molecule has 1 aromatic carbocycles. The summed E-state index contributed by atoms with van der Waals surface area (Å²) in [6, 6.07) is 8.50. The molecular weight excluding hydrogens is 471 g/mol. The van der Waals surface area contributed by atoms with Gasteiger partial charge in [-0.3, -0.25) is 4.99 Å². The van der Waals surface area contributed by atoms with E-state index in [1.54, 1.807) is 11.9 Å². The summed E-state index contributed by atoms with van der Waals surface area (Å²) < 4.78 is 10.8. The second-order valence-electron chi connectivity index (χ2n) is 7.61. The van der Waals surface area contributed by atoms with Crippen molar-refractivity contribution in [2.75, 3.05) is 26.7 Å². The van der Waals surface area contributed by atoms with E-state index in [-0.39, 0.29) is 36.1 Å². The monoisotopic (exact) mass is 504 g/mol. The van der Waals surface area contributed by atoms with Gasteiger partial charge in [-0.1, -0.05) is 24.3 Å². The zero-order valence-electron chi connectivity index (χ0n) is 17.4. The van der Waals surface area contributed by atoms with Gasteiger partial charge in [0.15, 0.2) is 5.96 Å². The molecule has 0 bridgehead atoms. The molecule has 2 rings (SSSR count). The lowest BCUT2D eigenvalue weighted by Crippen LogP contribution is -2.63. The molecule has 0 atom stereocenters. The van der Waals surface area contributed by atoms with E-state index in [1.807, 2.05) is 27.7 Å². The number of rotatable bonds is 6. The van der Waals surface area contributed by atoms with E-state index in [2.05, 4.69) is 39.9 Å². The molecule has 7 nitrogen and oxygen atoms in total. The zero-order chi connectivity index (χ0) is 19.9. The van der Waals surface area contributed by atoms with Crippen LogP contribution in [0.2, 0.25) is 0 Å². The smallest absolute Gasteiger partial charge is 0.410 e. The molecule has 28 heavy (non-hydrogen) atoms. The highest BCUT2D eigenvalue weighted by atomic mass is 127. The fraction of sp³-hybridized carbons (Fsp3) is 0.600. The number of benzene rings is 1. The number of halogens is 1. The third kappa shape index (κ3) is 8.22. The number of amides is 1. The number of aliphatic imine (C=N–C) groups is 1. The first kappa shape index (κ1) is 24.5. The van der Waals surface area contributed by atoms with E-state index >= 15 is 0 Å². The van der Waals surface area contributed by atoms with E-state index in [4.69, 9.17) is 9.47 Å². The number of hydrogen-bond acceptors (Lipinski definition) is 4. The van der Waals surface area contributed by atoms with E-state index in [0.717, 1.165) is 12.6 Å². The highest BCUT2D eigenvalue weighted by Crippen LogP contribution is 2.15. The molecule has 0 spiro atoms. The third-order valence-corrected chi connectivity index (χ3v) is 4.05. The van der Waals surface area contributed by atoms with E-state index in [1.165, 1.54) is 11.1 Å². The Bertz CT molecular complexity index is 638. The van der Waals surface area contributed by atoms with Gasteiger partial charge in [0.25, 0.3) is 0 Å². The van der Waals surface area contributed by atoms with Crippen molar-refractivity contribution in [1.82, 2.24) is 15.5 Å². The lowest BCUT2D eigenvalue weighted by Gasteiger charge is -2.40. The van der Waals surface area contributed by atoms with Crippen LogP contribution < -0.4 is 10.6 Å². The molecule has 158 valence electrons. The van der Waals surface area contributed by atoms with Crippen LogP contribution in [-0.2, 0) is 22.6 Å². The summed E-state index contributed by atoms with van der Waals surface area (Å²) in [5, 5.41) is 6.63. The summed E-state index contributed by atoms with van der Waals surface area (Å²) >= 11 is 0. The molecule has 1 aliphatic rings. The number of likely N-dealkylation sites (tertiary alicyclic amines) is 1. The van der Waals surface area contributed by atoms with Crippen LogP contribution in [0, 0.1) is 0 Å². The van der Waals surface area contributed by atoms with Crippen molar-refractivity contribution in [2.24, 2.45) is 4.99 Å². The standard InChI is InChI=1S/C20H32N4O3.HI/c1-6-26-14-16-9-7-15(8-10-16)11-22-18(21-5)23-17-12-24(13-17)19(25)27-20(2,3)4;/h7-10,17H,6,11-14H2,1-5H3,(H2,21,22,23);1H. The summed E-state index contributed by atoms with van der Waals surface area (Å²) in [5.41, 5.74) is 1.87. The van der Waals surface area contributed by atoms with Gasteiger partial charge in [0.05, 0.1) is 12.6 Å². The molecule has 0 saturated carbocycles. The molecule has 1 aliphatic heterocycles. The Morgan fingerprint density at radius 2 is 1.82 bits per heavy atom. The van der Waals surface area contributed by atoms with Crippen molar-refractivity contribution >= 4 is 36.0 Å². The molecule has 0 aliphatic carbocycles. The Morgan fingerprint density at radius 3 is 2.36 bits per heavy atom. The fourth-order valence-corrected chi connectivity index (χ4v) is 2.59. The molecule has 1 fully saturated rings. The van der Waals surface area contributed by atoms with Gasteiger partial charge in [-0.25, -0.2) is 4.79 Å². The number of carbonyl (C=O) groups is 1. The van der Waals surface area contributed by atoms with Gasteiger partial charge in [-0.2, -0.15) is 0 Å². The Hall–Kier alpha value is -1.55. The first-order chi connectivity index (χ1) is 12.8. The number of hydrogen-bond donors (Lipinski definition) is 2. The van der Waals surface area contributed by atoms with Crippen LogP contribution in [0.3, 0.4) is 0 Å². The first-order valence-corrected chi connectivity index (χ1v) is 9.41. The predicted octanol–water partition coefficient (Wildman–Crippen LogP) is 3.13. The molecule has 1 saturated heterocycles. The highest BCUT2D eigenvalue weighted by molar-refractivity contribution is 14.0. The minimum atomic E-state index is -0.467. The molecule has 2 N–H and O–H groups in total. The Labute approximate surface area is 185 Å². The lowest BCUT2D eigenvalue weighted by molar-refractivity contribution is 0.00701. The minimum Gasteiger partial charge on any atom is -0.444 e. The SMILES string of the molecule is CCOCc1ccc(CNC(=NC)NC2CN(C(=O)OC(C)(C)C)C2)cc1.I. The van der Waals surface area contributed by atoms with Crippen LogP contribution in [0.1, 0.15) is 38.8 Å². The molecule has 0 aromatic heterocycles. The zero-order valence-corrected chi connectivity index (χ0v) is 19.8. The van der Waals surface area contributed by atoms with Crippen LogP contribution in [0.15, 0.2) is 29.3 Å². The van der Waals surface area contributed by atoms with Crippen LogP contribution in [0.4, 0.5) is 4.79 Å². The summed E-state index contributed by atoms with van der Waals surface area (Å²) in [5.74, 6) is 0.724. The van der Waals surface area contributed by atoms with Gasteiger partial charge in [0, 0.05) is 33.3 Å². The Morgan fingerprint density at radius 1 is 1.21 bits per heavy atom. The topological polar surface area (TPSA) is 75.2 Å². The van der Waals surface area contributed by atoms with Crippen molar-refractivity contribution in [3.8, 4) is 0 Å². The Kier molecular flexibility index (Phi) is 10.0. The average Bonchev–Trinajstić information content (AvgIpc) is 2.57. The second-order valence-corrected chi connectivity index (χ2v) is 7.61. The van der Waals surface area contributed by atoms with Gasteiger partial charge in [-0.05, 0) is 38.8 Å². The molecule has 1 amide bonds. The molecule has 8 heteroatoms. The van der Waals surface area contributed by atoms with E-state index < -0.39 is 5.60 Å². The summed E-state index contributed by atoms with van der Waals surface area (Å²) in [4.78, 5) is 17.9. The van der Waals surface area contributed by atoms with Gasteiger partial charge in [-0.15, -0.1) is 24.0 Å².